The van der Waals surface area contributed by atoms with Crippen LogP contribution in [0.5, 0.6) is 0 Å². The Kier molecular flexibility index (Phi) is 24.5. The fourth-order valence-electron chi connectivity index (χ4n) is 11.0. The fourth-order valence-corrected chi connectivity index (χ4v) is 12.4. The highest BCUT2D eigenvalue weighted by atomic mass is 32.1. The molecule has 91 heavy (non-hydrogen) atoms. The van der Waals surface area contributed by atoms with E-state index in [2.05, 4.69) is 20.7 Å². The molecule has 5 N–H and O–H groups in total. The van der Waals surface area contributed by atoms with Crippen molar-refractivity contribution in [1.82, 2.24) is 16.0 Å². The maximum Gasteiger partial charge on any atom is 0.408 e. The maximum atomic E-state index is 14.2. The van der Waals surface area contributed by atoms with Crippen LogP contribution < -0.4 is 41.3 Å². The molecule has 0 bridgehead atoms. The van der Waals surface area contributed by atoms with E-state index in [0.717, 1.165) is 22.3 Å². The predicted molar refractivity (Wildman–Crippen MR) is 348 cm³/mol. The van der Waals surface area contributed by atoms with Crippen LogP contribution in [-0.2, 0) is 88.1 Å². The summed E-state index contributed by atoms with van der Waals surface area (Å²) >= 11 is 3.00. The highest BCUT2D eigenvalue weighted by Crippen LogP contribution is 2.44. The third-order valence-corrected chi connectivity index (χ3v) is 16.8. The maximum absolute atomic E-state index is 14.2. The van der Waals surface area contributed by atoms with Gasteiger partial charge in [-0.1, -0.05) is 52.0 Å². The molecule has 9 amide bonds. The van der Waals surface area contributed by atoms with Crippen molar-refractivity contribution in [1.29, 1.82) is 0 Å². The van der Waals surface area contributed by atoms with Crippen LogP contribution in [0.25, 0.3) is 0 Å². The first kappa shape index (κ1) is 72.1. The van der Waals surface area contributed by atoms with Crippen molar-refractivity contribution in [2.24, 2.45) is 29.4 Å². The average Bonchev–Trinajstić information content (AvgIpc) is 1.26. The van der Waals surface area contributed by atoms with Crippen molar-refractivity contribution >= 4 is 116 Å². The van der Waals surface area contributed by atoms with Gasteiger partial charge in [0.25, 0.3) is 0 Å². The number of para-hydroxylation sites is 2. The number of nitrogens with zero attached hydrogens (tertiary/aromatic N) is 4. The number of ether oxygens (including phenoxy) is 2. The molecular formula is C67H88N8O14S2. The number of carbonyl (C=O) groups excluding carboxylic acids is 12. The second-order valence-corrected chi connectivity index (χ2v) is 27.8. The molecular weight excluding hydrogens is 1200 g/mol. The number of rotatable bonds is 22. The number of benzene rings is 2. The number of carbonyl (C=O) groups is 12. The summed E-state index contributed by atoms with van der Waals surface area (Å²) in [4.78, 5) is 160. The molecule has 0 saturated carbocycles. The van der Waals surface area contributed by atoms with Gasteiger partial charge in [-0.3, -0.25) is 52.7 Å². The van der Waals surface area contributed by atoms with Gasteiger partial charge in [-0.15, -0.1) is 0 Å². The van der Waals surface area contributed by atoms with Crippen LogP contribution in [-0.4, -0.2) is 106 Å². The number of hydrogen-bond acceptors (Lipinski definition) is 17. The molecule has 8 rings (SSSR count). The monoisotopic (exact) mass is 1290 g/mol. The van der Waals surface area contributed by atoms with E-state index in [1.54, 1.807) is 75.6 Å². The zero-order chi connectivity index (χ0) is 67.4. The Hall–Kier alpha value is -7.96. The van der Waals surface area contributed by atoms with Crippen molar-refractivity contribution in [2.45, 2.75) is 196 Å². The number of imide groups is 2. The smallest absolute Gasteiger partial charge is 0.408 e. The summed E-state index contributed by atoms with van der Waals surface area (Å²) in [6, 6.07) is 12.8. The lowest BCUT2D eigenvalue weighted by molar-refractivity contribution is -0.140. The number of anilines is 4. The largest absolute Gasteiger partial charge is 0.466 e. The van der Waals surface area contributed by atoms with E-state index in [-0.39, 0.29) is 129 Å². The Labute approximate surface area is 540 Å². The van der Waals surface area contributed by atoms with Crippen LogP contribution in [0.2, 0.25) is 0 Å². The Morgan fingerprint density at radius 2 is 1.00 bits per heavy atom. The molecule has 4 aromatic rings. The van der Waals surface area contributed by atoms with Crippen LogP contribution in [0.15, 0.2) is 70.1 Å². The first-order valence-corrected chi connectivity index (χ1v) is 32.7. The van der Waals surface area contributed by atoms with Gasteiger partial charge in [0.2, 0.25) is 47.3 Å². The molecule has 2 aromatic carbocycles. The molecule has 2 saturated heterocycles. The van der Waals surface area contributed by atoms with Gasteiger partial charge >= 0.3 is 12.1 Å². The molecule has 492 valence electrons. The van der Waals surface area contributed by atoms with Crippen LogP contribution in [0.4, 0.5) is 27.5 Å². The molecule has 2 unspecified atom stereocenters. The number of fused-ring (bicyclic) bond motifs is 2. The summed E-state index contributed by atoms with van der Waals surface area (Å²) in [7, 11) is 0. The number of ketones is 2. The highest BCUT2D eigenvalue weighted by molar-refractivity contribution is 7.08. The number of hydrogen-bond donors (Lipinski definition) is 4. The van der Waals surface area contributed by atoms with Gasteiger partial charge in [0.1, 0.15) is 11.1 Å². The number of alkyl carbamates (subject to hydrolysis) is 1. The van der Waals surface area contributed by atoms with E-state index in [1.165, 1.54) is 53.2 Å². The van der Waals surface area contributed by atoms with E-state index in [1.807, 2.05) is 73.5 Å². The Balaban J connectivity index is 0.000000268. The molecule has 2 fully saturated rings. The molecule has 6 heterocycles. The number of nitrogens with one attached hydrogen (secondary N) is 3. The minimum absolute atomic E-state index is 0.0483. The van der Waals surface area contributed by atoms with Crippen LogP contribution in [0.3, 0.4) is 0 Å². The lowest BCUT2D eigenvalue weighted by Crippen LogP contribution is -2.58. The molecule has 0 spiro atoms. The third kappa shape index (κ3) is 19.3. The molecule has 0 radical (unpaired) electrons. The number of amides is 9. The van der Waals surface area contributed by atoms with Crippen LogP contribution in [0.1, 0.15) is 164 Å². The molecule has 4 atom stereocenters. The van der Waals surface area contributed by atoms with Crippen LogP contribution >= 0.6 is 22.7 Å². The zero-order valence-corrected chi connectivity index (χ0v) is 56.1. The molecule has 24 heteroatoms. The number of nitrogens with two attached hydrogens (primary N) is 1. The van der Waals surface area contributed by atoms with Gasteiger partial charge in [-0.05, 0) is 161 Å². The topological polar surface area (TPSA) is 298 Å². The van der Waals surface area contributed by atoms with E-state index in [4.69, 9.17) is 10.5 Å². The van der Waals surface area contributed by atoms with Gasteiger partial charge in [-0.25, -0.2) is 14.6 Å². The summed E-state index contributed by atoms with van der Waals surface area (Å²) in [5.41, 5.74) is 7.84. The van der Waals surface area contributed by atoms with Gasteiger partial charge in [0, 0.05) is 57.3 Å². The third-order valence-electron chi connectivity index (χ3n) is 15.3. The second kappa shape index (κ2) is 30.9. The van der Waals surface area contributed by atoms with Crippen molar-refractivity contribution in [3.63, 3.8) is 0 Å². The lowest BCUT2D eigenvalue weighted by Gasteiger charge is -2.37. The Bertz CT molecular complexity index is 3330. The second-order valence-electron chi connectivity index (χ2n) is 26.3. The van der Waals surface area contributed by atoms with E-state index < -0.39 is 58.5 Å². The molecule has 4 aliphatic heterocycles. The SMILES string of the molecule is CC(C)C[C@@H](NC(=O)C(C)(C)N)C(=O)CC1Cc2cccc(N3C(=O)CCC3=O)c2N(Cc2ccsc2)C1=O.CC(C)C[C@@H](NC(=O)C(C)(C)NC(=O)OC(C)(C)C)C(=O)CC1Cc2cccc(N3C(=O)CCC3=O)c2N(Cc2ccsc2)C1=O.CCOC(C)=O. The Morgan fingerprint density at radius 3 is 1.32 bits per heavy atom. The van der Waals surface area contributed by atoms with Crippen molar-refractivity contribution in [2.75, 3.05) is 26.2 Å². The minimum Gasteiger partial charge on any atom is -0.466 e. The van der Waals surface area contributed by atoms with Gasteiger partial charge in [0.05, 0.1) is 60.1 Å². The average molecular weight is 1290 g/mol. The summed E-state index contributed by atoms with van der Waals surface area (Å²) in [6.07, 6.45) is 0.875. The van der Waals surface area contributed by atoms with E-state index >= 15 is 0 Å². The summed E-state index contributed by atoms with van der Waals surface area (Å²) in [5.74, 6) is -4.64. The predicted octanol–water partition coefficient (Wildman–Crippen LogP) is 8.80. The zero-order valence-electron chi connectivity index (χ0n) is 54.5. The Morgan fingerprint density at radius 1 is 0.604 bits per heavy atom. The first-order valence-electron chi connectivity index (χ1n) is 30.8. The molecule has 2 aromatic heterocycles. The number of Topliss-reactive ketones (excluding diaryl/α,β-unsaturated/α-hetero) is 2. The van der Waals surface area contributed by atoms with Crippen molar-refractivity contribution in [3.8, 4) is 0 Å². The van der Waals surface area contributed by atoms with Crippen molar-refractivity contribution < 1.29 is 67.0 Å². The summed E-state index contributed by atoms with van der Waals surface area (Å²) in [5, 5.41) is 15.9. The van der Waals surface area contributed by atoms with Crippen LogP contribution in [0, 0.1) is 23.7 Å². The summed E-state index contributed by atoms with van der Waals surface area (Å²) < 4.78 is 9.71. The highest BCUT2D eigenvalue weighted by Gasteiger charge is 2.44. The molecule has 0 aliphatic carbocycles. The quantitative estimate of drug-likeness (QED) is 0.0422. The fraction of sp³-hybridized carbons (Fsp3) is 0.522. The van der Waals surface area contributed by atoms with Gasteiger partial charge < -0.3 is 41.0 Å². The normalized spacial score (nSPS) is 17.4. The number of esters is 1. The minimum atomic E-state index is -1.38. The lowest BCUT2D eigenvalue weighted by atomic mass is 9.84. The summed E-state index contributed by atoms with van der Waals surface area (Å²) in [6.45, 7) is 23.3. The van der Waals surface area contributed by atoms with Gasteiger partial charge in [0.15, 0.2) is 11.6 Å². The standard InChI is InChI=1S/C34H44N4O7S.C29H36N4O5S.C4H8O2/c1-20(2)15-24(35-31(43)34(6,7)36-32(44)45-33(3,4)5)26(39)17-23-16-22-9-8-10-25(38-27(40)11-12-28(38)41)29(22)37(30(23)42)18-21-13-14-46-19-21;1-17(2)12-21(31-28(38)29(3,4)30)23(34)14-20-13-19-6-5-7-22(33-24(35)8-9-25(33)36)26(19)32(27(20)37)15-18-10-11-39-16-18;1-3-6-4(2)5/h8-10,13-14,19-20,23-24H,11-12,15-18H2,1-7H3,(H,35,43)(H,36,44);5-7,10-11,16-17,20-21H,8-9,12-15,30H2,1-4H3,(H,31,38);3H2,1-2H3/t23?,24-;20?,21-;/m11./s1. The van der Waals surface area contributed by atoms with E-state index in [9.17, 15) is 57.5 Å². The first-order chi connectivity index (χ1) is 42.6. The van der Waals surface area contributed by atoms with E-state index in [0.29, 0.717) is 42.2 Å². The van der Waals surface area contributed by atoms with Crippen molar-refractivity contribution in [3.05, 3.63) is 92.3 Å². The molecule has 22 nitrogen and oxygen atoms in total. The molecule has 4 aliphatic rings. The number of thiophene rings is 2. The van der Waals surface area contributed by atoms with Gasteiger partial charge in [-0.2, -0.15) is 22.7 Å².